The van der Waals surface area contributed by atoms with Crippen LogP contribution in [0.3, 0.4) is 0 Å². The van der Waals surface area contributed by atoms with Gasteiger partial charge in [-0.05, 0) is 33.2 Å². The van der Waals surface area contributed by atoms with Crippen LogP contribution in [-0.2, 0) is 11.3 Å². The number of rotatable bonds is 5. The second kappa shape index (κ2) is 6.27. The van der Waals surface area contributed by atoms with E-state index in [0.717, 1.165) is 39.0 Å². The van der Waals surface area contributed by atoms with Crippen molar-refractivity contribution in [1.82, 2.24) is 29.9 Å². The molecule has 8 nitrogen and oxygen atoms in total. The van der Waals surface area contributed by atoms with Gasteiger partial charge in [0.25, 0.3) is 5.91 Å². The van der Waals surface area contributed by atoms with Gasteiger partial charge in [0.1, 0.15) is 18.2 Å². The summed E-state index contributed by atoms with van der Waals surface area (Å²) in [4.78, 5) is 32.2. The average Bonchev–Trinajstić information content (AvgIpc) is 3.14. The average molecular weight is 320 g/mol. The molecule has 2 atom stereocenters. The van der Waals surface area contributed by atoms with E-state index in [-0.39, 0.29) is 17.9 Å². The lowest BCUT2D eigenvalue weighted by Crippen LogP contribution is -2.56. The molecule has 0 radical (unpaired) electrons. The molecule has 0 spiro atoms. The molecule has 8 heteroatoms. The van der Waals surface area contributed by atoms with Crippen LogP contribution in [0.5, 0.6) is 0 Å². The van der Waals surface area contributed by atoms with E-state index in [9.17, 15) is 9.59 Å². The second-order valence-electron chi connectivity index (χ2n) is 6.48. The van der Waals surface area contributed by atoms with Crippen LogP contribution in [0.2, 0.25) is 0 Å². The molecule has 2 aliphatic rings. The van der Waals surface area contributed by atoms with Crippen LogP contribution >= 0.6 is 0 Å². The molecule has 0 saturated carbocycles. The highest BCUT2D eigenvalue weighted by Gasteiger charge is 2.52. The van der Waals surface area contributed by atoms with Crippen LogP contribution in [0.15, 0.2) is 12.7 Å². The van der Waals surface area contributed by atoms with Crippen molar-refractivity contribution in [3.63, 3.8) is 0 Å². The molecule has 0 bridgehead atoms. The number of hydrogen-bond donors (Lipinski definition) is 1. The first-order valence-electron chi connectivity index (χ1n) is 8.23. The maximum atomic E-state index is 12.6. The molecule has 0 unspecified atom stereocenters. The zero-order valence-electron chi connectivity index (χ0n) is 13.7. The molecule has 3 rings (SSSR count). The number of aromatic nitrogens is 3. The summed E-state index contributed by atoms with van der Waals surface area (Å²) in [7, 11) is 0. The molecule has 23 heavy (non-hydrogen) atoms. The summed E-state index contributed by atoms with van der Waals surface area (Å²) in [6.07, 6.45) is 5.24. The van der Waals surface area contributed by atoms with Gasteiger partial charge < -0.3 is 10.2 Å². The summed E-state index contributed by atoms with van der Waals surface area (Å²) >= 11 is 0. The summed E-state index contributed by atoms with van der Waals surface area (Å²) in [5, 5.41) is 7.04. The Morgan fingerprint density at radius 3 is 2.87 bits per heavy atom. The normalized spacial score (nSPS) is 29.1. The van der Waals surface area contributed by atoms with Crippen molar-refractivity contribution < 1.29 is 9.59 Å². The van der Waals surface area contributed by atoms with Gasteiger partial charge in [-0.1, -0.05) is 0 Å². The standard InChI is InChI=1S/C15H24N6O2/c1-3-21-13(22)15(2,18-14(21)23)12-5-4-6-19(9-12)7-8-20-11-16-10-17-20/h10-12H,3-9H2,1-2H3,(H,18,23)/t12-,15-/m1/s1. The molecule has 1 aromatic heterocycles. The first kappa shape index (κ1) is 15.9. The van der Waals surface area contributed by atoms with Crippen LogP contribution in [0, 0.1) is 5.92 Å². The van der Waals surface area contributed by atoms with Gasteiger partial charge in [0, 0.05) is 25.6 Å². The number of piperidine rings is 1. The minimum atomic E-state index is -0.779. The predicted octanol–water partition coefficient (Wildman–Crippen LogP) is 0.320. The Morgan fingerprint density at radius 2 is 2.22 bits per heavy atom. The highest BCUT2D eigenvalue weighted by Crippen LogP contribution is 2.32. The smallest absolute Gasteiger partial charge is 0.323 e. The number of urea groups is 1. The monoisotopic (exact) mass is 320 g/mol. The van der Waals surface area contributed by atoms with E-state index in [1.165, 1.54) is 11.2 Å². The molecular weight excluding hydrogens is 296 g/mol. The van der Waals surface area contributed by atoms with E-state index in [1.54, 1.807) is 6.33 Å². The minimum Gasteiger partial charge on any atom is -0.323 e. The van der Waals surface area contributed by atoms with Gasteiger partial charge in [0.05, 0.1) is 6.54 Å². The van der Waals surface area contributed by atoms with Gasteiger partial charge in [0.15, 0.2) is 0 Å². The van der Waals surface area contributed by atoms with Crippen LogP contribution in [-0.4, -0.2) is 68.2 Å². The Kier molecular flexibility index (Phi) is 4.34. The van der Waals surface area contributed by atoms with Gasteiger partial charge in [-0.2, -0.15) is 5.10 Å². The van der Waals surface area contributed by atoms with Crippen LogP contribution in [0.25, 0.3) is 0 Å². The zero-order chi connectivity index (χ0) is 16.4. The van der Waals surface area contributed by atoms with Crippen molar-refractivity contribution >= 4 is 11.9 Å². The molecule has 2 fully saturated rings. The van der Waals surface area contributed by atoms with Crippen molar-refractivity contribution in [1.29, 1.82) is 0 Å². The number of nitrogens with one attached hydrogen (secondary N) is 1. The van der Waals surface area contributed by atoms with Gasteiger partial charge in [0.2, 0.25) is 0 Å². The van der Waals surface area contributed by atoms with Gasteiger partial charge in [-0.25, -0.2) is 9.78 Å². The maximum Gasteiger partial charge on any atom is 0.325 e. The second-order valence-corrected chi connectivity index (χ2v) is 6.48. The van der Waals surface area contributed by atoms with Gasteiger partial charge >= 0.3 is 6.03 Å². The van der Waals surface area contributed by atoms with Crippen LogP contribution < -0.4 is 5.32 Å². The van der Waals surface area contributed by atoms with Gasteiger partial charge in [-0.3, -0.25) is 14.4 Å². The number of carbonyl (C=O) groups is 2. The van der Waals surface area contributed by atoms with Gasteiger partial charge in [-0.15, -0.1) is 0 Å². The van der Waals surface area contributed by atoms with Crippen LogP contribution in [0.1, 0.15) is 26.7 Å². The fourth-order valence-corrected chi connectivity index (χ4v) is 3.60. The molecule has 1 aromatic rings. The lowest BCUT2D eigenvalue weighted by molar-refractivity contribution is -0.133. The van der Waals surface area contributed by atoms with E-state index in [4.69, 9.17) is 0 Å². The largest absolute Gasteiger partial charge is 0.325 e. The molecule has 3 heterocycles. The number of likely N-dealkylation sites (N-methyl/N-ethyl adjacent to an activating group) is 1. The number of hydrogen-bond acceptors (Lipinski definition) is 5. The third-order valence-electron chi connectivity index (χ3n) is 5.05. The van der Waals surface area contributed by atoms with E-state index >= 15 is 0 Å². The number of amides is 3. The quantitative estimate of drug-likeness (QED) is 0.790. The first-order valence-corrected chi connectivity index (χ1v) is 8.23. The number of likely N-dealkylation sites (tertiary alicyclic amines) is 1. The van der Waals surface area contributed by atoms with E-state index in [1.807, 2.05) is 18.5 Å². The summed E-state index contributed by atoms with van der Waals surface area (Å²) in [5.41, 5.74) is -0.779. The topological polar surface area (TPSA) is 83.4 Å². The lowest BCUT2D eigenvalue weighted by Gasteiger charge is -2.39. The zero-order valence-corrected chi connectivity index (χ0v) is 13.7. The Morgan fingerprint density at radius 1 is 1.39 bits per heavy atom. The van der Waals surface area contributed by atoms with Crippen LogP contribution in [0.4, 0.5) is 4.79 Å². The molecular formula is C15H24N6O2. The molecule has 0 aliphatic carbocycles. The highest BCUT2D eigenvalue weighted by atomic mass is 16.2. The highest BCUT2D eigenvalue weighted by molar-refractivity contribution is 6.07. The van der Waals surface area contributed by atoms with Crippen molar-refractivity contribution in [2.75, 3.05) is 26.2 Å². The summed E-state index contributed by atoms with van der Waals surface area (Å²) < 4.78 is 1.81. The minimum absolute atomic E-state index is 0.0897. The molecule has 0 aromatic carbocycles. The van der Waals surface area contributed by atoms with Crippen molar-refractivity contribution in [3.05, 3.63) is 12.7 Å². The summed E-state index contributed by atoms with van der Waals surface area (Å²) in [6.45, 7) is 7.60. The molecule has 1 N–H and O–H groups in total. The predicted molar refractivity (Wildman–Crippen MR) is 83.5 cm³/mol. The SMILES string of the molecule is CCN1C(=O)N[C@](C)([C@@H]2CCCN(CCn3cncn3)C2)C1=O. The Hall–Kier alpha value is -1.96. The molecule has 126 valence electrons. The van der Waals surface area contributed by atoms with E-state index in [2.05, 4.69) is 20.3 Å². The molecule has 2 saturated heterocycles. The fourth-order valence-electron chi connectivity index (χ4n) is 3.60. The van der Waals surface area contributed by atoms with E-state index < -0.39 is 5.54 Å². The maximum absolute atomic E-state index is 12.6. The first-order chi connectivity index (χ1) is 11.0. The summed E-state index contributed by atoms with van der Waals surface area (Å²) in [5.74, 6) is 0.0492. The number of imide groups is 1. The third-order valence-corrected chi connectivity index (χ3v) is 5.05. The van der Waals surface area contributed by atoms with Crippen molar-refractivity contribution in [2.24, 2.45) is 5.92 Å². The van der Waals surface area contributed by atoms with Crippen molar-refractivity contribution in [2.45, 2.75) is 38.8 Å². The fraction of sp³-hybridized carbons (Fsp3) is 0.733. The van der Waals surface area contributed by atoms with E-state index in [0.29, 0.717) is 6.54 Å². The Balaban J connectivity index is 1.64. The molecule has 3 amide bonds. The third kappa shape index (κ3) is 2.95. The van der Waals surface area contributed by atoms with Crippen molar-refractivity contribution in [3.8, 4) is 0 Å². The Labute approximate surface area is 135 Å². The molecule has 2 aliphatic heterocycles. The number of carbonyl (C=O) groups excluding carboxylic acids is 2. The Bertz CT molecular complexity index is 575. The number of nitrogens with zero attached hydrogens (tertiary/aromatic N) is 5. The lowest BCUT2D eigenvalue weighted by atomic mass is 9.80. The summed E-state index contributed by atoms with van der Waals surface area (Å²) in [6, 6.07) is -0.264.